The molecule has 0 spiro atoms. The van der Waals surface area contributed by atoms with E-state index in [1.165, 1.54) is 30.0 Å². The number of halogens is 2. The molecule has 168 valence electrons. The number of nitrogens with zero attached hydrogens (tertiary/aromatic N) is 3. The topological polar surface area (TPSA) is 69.0 Å². The zero-order chi connectivity index (χ0) is 23.3. The van der Waals surface area contributed by atoms with Crippen molar-refractivity contribution >= 4 is 35.0 Å². The Morgan fingerprint density at radius 2 is 2.00 bits per heavy atom. The molecule has 0 bridgehead atoms. The summed E-state index contributed by atoms with van der Waals surface area (Å²) in [5.74, 6) is 0.472. The van der Waals surface area contributed by atoms with Crippen LogP contribution in [0.5, 0.6) is 5.75 Å². The molecule has 0 radical (unpaired) electrons. The maximum absolute atomic E-state index is 13.3. The number of benzene rings is 2. The van der Waals surface area contributed by atoms with Crippen molar-refractivity contribution in [1.82, 2.24) is 14.8 Å². The van der Waals surface area contributed by atoms with Crippen molar-refractivity contribution in [2.75, 3.05) is 11.1 Å². The van der Waals surface area contributed by atoms with Crippen molar-refractivity contribution < 1.29 is 13.9 Å². The fourth-order valence-corrected chi connectivity index (χ4v) is 4.16. The smallest absolute Gasteiger partial charge is 0.234 e. The van der Waals surface area contributed by atoms with E-state index in [0.29, 0.717) is 23.3 Å². The molecule has 1 aromatic heterocycles. The van der Waals surface area contributed by atoms with E-state index in [1.54, 1.807) is 13.0 Å². The van der Waals surface area contributed by atoms with Crippen LogP contribution in [0.2, 0.25) is 5.02 Å². The minimum atomic E-state index is -0.510. The van der Waals surface area contributed by atoms with Crippen molar-refractivity contribution in [3.05, 3.63) is 76.8 Å². The Morgan fingerprint density at radius 1 is 1.28 bits per heavy atom. The lowest BCUT2D eigenvalue weighted by molar-refractivity contribution is -0.113. The van der Waals surface area contributed by atoms with Crippen LogP contribution in [0, 0.1) is 19.7 Å². The van der Waals surface area contributed by atoms with Crippen molar-refractivity contribution in [3.63, 3.8) is 0 Å². The van der Waals surface area contributed by atoms with Crippen molar-refractivity contribution in [2.45, 2.75) is 38.6 Å². The Bertz CT molecular complexity index is 1110. The van der Waals surface area contributed by atoms with Gasteiger partial charge in [0.2, 0.25) is 5.91 Å². The van der Waals surface area contributed by atoms with E-state index in [-0.39, 0.29) is 16.7 Å². The Balaban J connectivity index is 1.69. The monoisotopic (exact) mass is 474 g/mol. The first-order chi connectivity index (χ1) is 15.3. The Morgan fingerprint density at radius 3 is 2.66 bits per heavy atom. The van der Waals surface area contributed by atoms with Crippen LogP contribution in [0.1, 0.15) is 30.0 Å². The predicted molar refractivity (Wildman–Crippen MR) is 126 cm³/mol. The quantitative estimate of drug-likeness (QED) is 0.316. The van der Waals surface area contributed by atoms with E-state index in [1.807, 2.05) is 36.6 Å². The third-order valence-corrected chi connectivity index (χ3v) is 5.72. The number of rotatable bonds is 9. The highest BCUT2D eigenvalue weighted by atomic mass is 35.5. The zero-order valence-corrected chi connectivity index (χ0v) is 19.6. The predicted octanol–water partition coefficient (Wildman–Crippen LogP) is 5.74. The van der Waals surface area contributed by atoms with Gasteiger partial charge in [-0.05, 0) is 62.2 Å². The van der Waals surface area contributed by atoms with Gasteiger partial charge < -0.3 is 10.1 Å². The lowest BCUT2D eigenvalue weighted by Gasteiger charge is -2.16. The molecule has 3 aromatic rings. The summed E-state index contributed by atoms with van der Waals surface area (Å²) >= 11 is 7.34. The number of ether oxygens (including phenoxy) is 1. The normalized spacial score (nSPS) is 11.8. The van der Waals surface area contributed by atoms with E-state index in [4.69, 9.17) is 16.3 Å². The second kappa shape index (κ2) is 10.7. The summed E-state index contributed by atoms with van der Waals surface area (Å²) in [6.07, 6.45) is 1.20. The molecule has 0 aliphatic rings. The van der Waals surface area contributed by atoms with Crippen LogP contribution in [0.15, 0.2) is 54.2 Å². The summed E-state index contributed by atoms with van der Waals surface area (Å²) in [6, 6.07) is 9.83. The maximum atomic E-state index is 13.3. The molecule has 0 saturated heterocycles. The summed E-state index contributed by atoms with van der Waals surface area (Å²) in [5, 5.41) is 12.1. The lowest BCUT2D eigenvalue weighted by Crippen LogP contribution is -2.15. The van der Waals surface area contributed by atoms with Crippen molar-refractivity contribution in [3.8, 4) is 5.75 Å². The molecule has 1 N–H and O–H groups in total. The molecule has 2 aromatic carbocycles. The molecule has 1 heterocycles. The molecule has 1 atom stereocenters. The number of aromatic nitrogens is 3. The minimum Gasteiger partial charge on any atom is -0.481 e. The first-order valence-electron chi connectivity index (χ1n) is 9.93. The van der Waals surface area contributed by atoms with Crippen LogP contribution >= 0.6 is 23.4 Å². The van der Waals surface area contributed by atoms with Crippen molar-refractivity contribution in [1.29, 1.82) is 0 Å². The summed E-state index contributed by atoms with van der Waals surface area (Å²) in [5.41, 5.74) is 2.93. The average Bonchev–Trinajstić information content (AvgIpc) is 3.11. The van der Waals surface area contributed by atoms with Gasteiger partial charge in [-0.3, -0.25) is 9.36 Å². The van der Waals surface area contributed by atoms with E-state index in [9.17, 15) is 9.18 Å². The van der Waals surface area contributed by atoms with Crippen LogP contribution in [0.25, 0.3) is 0 Å². The molecule has 6 nitrogen and oxygen atoms in total. The molecule has 0 saturated carbocycles. The molecule has 9 heteroatoms. The van der Waals surface area contributed by atoms with Gasteiger partial charge in [0, 0.05) is 12.2 Å². The number of anilines is 1. The molecule has 1 amide bonds. The molecule has 32 heavy (non-hydrogen) atoms. The number of nitrogens with one attached hydrogen (secondary N) is 1. The fraction of sp³-hybridized carbons (Fsp3) is 0.261. The summed E-state index contributed by atoms with van der Waals surface area (Å²) in [4.78, 5) is 12.4. The minimum absolute atomic E-state index is 0.142. The first-order valence-corrected chi connectivity index (χ1v) is 11.3. The summed E-state index contributed by atoms with van der Waals surface area (Å²) in [6.45, 7) is 9.99. The molecular formula is C23H24ClFN4O2S. The average molecular weight is 475 g/mol. The van der Waals surface area contributed by atoms with E-state index < -0.39 is 11.9 Å². The van der Waals surface area contributed by atoms with Gasteiger partial charge in [-0.2, -0.15) is 0 Å². The molecule has 0 aliphatic heterocycles. The Kier molecular flexibility index (Phi) is 7.93. The number of aryl methyl sites for hydroxylation is 2. The molecule has 3 rings (SSSR count). The second-order valence-electron chi connectivity index (χ2n) is 7.29. The van der Waals surface area contributed by atoms with Crippen LogP contribution in [0.4, 0.5) is 10.1 Å². The van der Waals surface area contributed by atoms with Gasteiger partial charge in [-0.1, -0.05) is 35.5 Å². The number of carbonyl (C=O) groups excluding carboxylic acids is 1. The largest absolute Gasteiger partial charge is 0.481 e. The van der Waals surface area contributed by atoms with E-state index in [2.05, 4.69) is 22.1 Å². The molecule has 0 fully saturated rings. The summed E-state index contributed by atoms with van der Waals surface area (Å²) < 4.78 is 21.0. The molecular weight excluding hydrogens is 451 g/mol. The van der Waals surface area contributed by atoms with Gasteiger partial charge in [0.1, 0.15) is 11.6 Å². The highest BCUT2D eigenvalue weighted by molar-refractivity contribution is 7.99. The number of hydrogen-bond acceptors (Lipinski definition) is 5. The van der Waals surface area contributed by atoms with Crippen molar-refractivity contribution in [2.24, 2.45) is 0 Å². The summed E-state index contributed by atoms with van der Waals surface area (Å²) in [7, 11) is 0. The van der Waals surface area contributed by atoms with Crippen LogP contribution < -0.4 is 10.1 Å². The first kappa shape index (κ1) is 23.8. The van der Waals surface area contributed by atoms with Crippen LogP contribution in [-0.4, -0.2) is 26.4 Å². The van der Waals surface area contributed by atoms with Gasteiger partial charge in [0.25, 0.3) is 0 Å². The van der Waals surface area contributed by atoms with Gasteiger partial charge in [-0.25, -0.2) is 4.39 Å². The standard InChI is InChI=1S/C23H24ClFN4O2S/c1-5-8-29-22(16(4)31-20-7-6-17(25)12-19(20)24)27-28-23(29)32-13-21(30)26-18-10-14(2)9-15(3)11-18/h5-7,9-12,16H,1,8,13H2,2-4H3,(H,26,30). The molecule has 0 aliphatic carbocycles. The number of thioether (sulfide) groups is 1. The lowest BCUT2D eigenvalue weighted by atomic mass is 10.1. The highest BCUT2D eigenvalue weighted by Gasteiger charge is 2.20. The number of carbonyl (C=O) groups is 1. The number of hydrogen-bond donors (Lipinski definition) is 1. The third-order valence-electron chi connectivity index (χ3n) is 4.46. The van der Waals surface area contributed by atoms with E-state index in [0.717, 1.165) is 16.8 Å². The van der Waals surface area contributed by atoms with Gasteiger partial charge in [0.05, 0.1) is 10.8 Å². The zero-order valence-electron chi connectivity index (χ0n) is 18.1. The highest BCUT2D eigenvalue weighted by Crippen LogP contribution is 2.30. The Hall–Kier alpha value is -2.84. The molecule has 1 unspecified atom stereocenters. The fourth-order valence-electron chi connectivity index (χ4n) is 3.20. The van der Waals surface area contributed by atoms with Gasteiger partial charge >= 0.3 is 0 Å². The number of amides is 1. The SMILES string of the molecule is C=CCn1c(SCC(=O)Nc2cc(C)cc(C)c2)nnc1C(C)Oc1ccc(F)cc1Cl. The van der Waals surface area contributed by atoms with Gasteiger partial charge in [-0.15, -0.1) is 16.8 Å². The third kappa shape index (κ3) is 6.11. The Labute approximate surface area is 195 Å². The van der Waals surface area contributed by atoms with Crippen LogP contribution in [-0.2, 0) is 11.3 Å². The van der Waals surface area contributed by atoms with Gasteiger partial charge in [0.15, 0.2) is 17.1 Å². The maximum Gasteiger partial charge on any atom is 0.234 e. The van der Waals surface area contributed by atoms with E-state index >= 15 is 0 Å². The van der Waals surface area contributed by atoms with Crippen LogP contribution in [0.3, 0.4) is 0 Å². The number of allylic oxidation sites excluding steroid dienone is 1. The second-order valence-corrected chi connectivity index (χ2v) is 8.64.